The molecule has 26 heavy (non-hydrogen) atoms. The molecule has 7 heteroatoms. The zero-order chi connectivity index (χ0) is 18.1. The number of amides is 1. The Balaban J connectivity index is 1.55. The summed E-state index contributed by atoms with van der Waals surface area (Å²) in [5, 5.41) is 0. The van der Waals surface area contributed by atoms with Crippen LogP contribution in [0.25, 0.3) is 11.0 Å². The lowest BCUT2D eigenvalue weighted by molar-refractivity contribution is -0.141. The van der Waals surface area contributed by atoms with E-state index in [2.05, 4.69) is 4.98 Å². The summed E-state index contributed by atoms with van der Waals surface area (Å²) in [7, 11) is 0. The predicted octanol–water partition coefficient (Wildman–Crippen LogP) is 1.24. The molecule has 0 bridgehead atoms. The number of para-hydroxylation sites is 2. The van der Waals surface area contributed by atoms with Crippen molar-refractivity contribution in [2.75, 3.05) is 37.7 Å². The van der Waals surface area contributed by atoms with E-state index in [1.54, 1.807) is 4.57 Å². The summed E-state index contributed by atoms with van der Waals surface area (Å²) < 4.78 is 7.27. The van der Waals surface area contributed by atoms with E-state index in [9.17, 15) is 9.59 Å². The summed E-state index contributed by atoms with van der Waals surface area (Å²) in [5.41, 5.74) is 1.61. The largest absolute Gasteiger partial charge is 0.368 e. The van der Waals surface area contributed by atoms with E-state index in [0.717, 1.165) is 23.9 Å². The Labute approximate surface area is 152 Å². The SMILES string of the molecule is CCn1c(=O)c(N2CCN(C(=O)C3CCCO3)CC2)nc2ccccc21. The number of benzene rings is 1. The summed E-state index contributed by atoms with van der Waals surface area (Å²) >= 11 is 0. The number of fused-ring (bicyclic) bond motifs is 1. The minimum atomic E-state index is -0.280. The van der Waals surface area contributed by atoms with Crippen molar-refractivity contribution >= 4 is 22.8 Å². The lowest BCUT2D eigenvalue weighted by Crippen LogP contribution is -2.52. The zero-order valence-electron chi connectivity index (χ0n) is 15.1. The number of ether oxygens (including phenoxy) is 1. The molecule has 2 aliphatic rings. The third-order valence-electron chi connectivity index (χ3n) is 5.25. The van der Waals surface area contributed by atoms with Crippen LogP contribution >= 0.6 is 0 Å². The van der Waals surface area contributed by atoms with Gasteiger partial charge in [-0.15, -0.1) is 0 Å². The molecular formula is C19H24N4O3. The summed E-state index contributed by atoms with van der Waals surface area (Å²) in [6.07, 6.45) is 1.48. The number of anilines is 1. The molecule has 2 saturated heterocycles. The van der Waals surface area contributed by atoms with Gasteiger partial charge in [0.05, 0.1) is 11.0 Å². The first-order valence-electron chi connectivity index (χ1n) is 9.34. The fraction of sp³-hybridized carbons (Fsp3) is 0.526. The first-order chi connectivity index (χ1) is 12.7. The Kier molecular flexibility index (Phi) is 4.63. The third kappa shape index (κ3) is 2.96. The minimum Gasteiger partial charge on any atom is -0.368 e. The molecule has 0 spiro atoms. The van der Waals surface area contributed by atoms with Crippen LogP contribution in [0.4, 0.5) is 5.82 Å². The Morgan fingerprint density at radius 3 is 2.69 bits per heavy atom. The van der Waals surface area contributed by atoms with Crippen LogP contribution in [0.3, 0.4) is 0 Å². The van der Waals surface area contributed by atoms with Gasteiger partial charge in [0.15, 0.2) is 5.82 Å². The van der Waals surface area contributed by atoms with Gasteiger partial charge in [0.1, 0.15) is 6.10 Å². The first kappa shape index (κ1) is 17.0. The van der Waals surface area contributed by atoms with Crippen LogP contribution in [0.1, 0.15) is 19.8 Å². The molecule has 2 aromatic rings. The van der Waals surface area contributed by atoms with Gasteiger partial charge < -0.3 is 19.1 Å². The maximum absolute atomic E-state index is 12.9. The van der Waals surface area contributed by atoms with E-state index in [4.69, 9.17) is 4.74 Å². The maximum Gasteiger partial charge on any atom is 0.293 e. The van der Waals surface area contributed by atoms with Crippen LogP contribution in [0, 0.1) is 0 Å². The lowest BCUT2D eigenvalue weighted by Gasteiger charge is -2.36. The highest BCUT2D eigenvalue weighted by Crippen LogP contribution is 2.18. The van der Waals surface area contributed by atoms with Gasteiger partial charge in [-0.1, -0.05) is 12.1 Å². The van der Waals surface area contributed by atoms with Crippen LogP contribution < -0.4 is 10.5 Å². The molecule has 2 aliphatic heterocycles. The Morgan fingerprint density at radius 1 is 1.23 bits per heavy atom. The fourth-order valence-electron chi connectivity index (χ4n) is 3.81. The van der Waals surface area contributed by atoms with E-state index in [1.165, 1.54) is 0 Å². The van der Waals surface area contributed by atoms with Crippen LogP contribution in [-0.4, -0.2) is 59.2 Å². The number of carbonyl (C=O) groups is 1. The molecule has 1 unspecified atom stereocenters. The van der Waals surface area contributed by atoms with Crippen molar-refractivity contribution in [3.8, 4) is 0 Å². The molecule has 0 saturated carbocycles. The Morgan fingerprint density at radius 2 is 2.00 bits per heavy atom. The minimum absolute atomic E-state index is 0.0647. The lowest BCUT2D eigenvalue weighted by atomic mass is 10.2. The molecule has 0 N–H and O–H groups in total. The molecule has 2 fully saturated rings. The molecule has 1 atom stereocenters. The van der Waals surface area contributed by atoms with Crippen LogP contribution in [0.15, 0.2) is 29.1 Å². The second kappa shape index (κ2) is 7.07. The molecule has 4 rings (SSSR count). The first-order valence-corrected chi connectivity index (χ1v) is 9.34. The molecule has 1 aromatic carbocycles. The van der Waals surface area contributed by atoms with Crippen molar-refractivity contribution in [1.29, 1.82) is 0 Å². The second-order valence-electron chi connectivity index (χ2n) is 6.79. The molecule has 0 radical (unpaired) electrons. The van der Waals surface area contributed by atoms with E-state index in [0.29, 0.717) is 45.1 Å². The van der Waals surface area contributed by atoms with Gasteiger partial charge in [0.25, 0.3) is 11.5 Å². The van der Waals surface area contributed by atoms with Gasteiger partial charge in [-0.05, 0) is 31.9 Å². The molecule has 1 aromatic heterocycles. The number of piperazine rings is 1. The zero-order valence-corrected chi connectivity index (χ0v) is 15.1. The molecule has 3 heterocycles. The van der Waals surface area contributed by atoms with Crippen LogP contribution in [0.2, 0.25) is 0 Å². The molecular weight excluding hydrogens is 332 g/mol. The van der Waals surface area contributed by atoms with Crippen molar-refractivity contribution < 1.29 is 9.53 Å². The van der Waals surface area contributed by atoms with E-state index >= 15 is 0 Å². The highest BCUT2D eigenvalue weighted by Gasteiger charge is 2.31. The van der Waals surface area contributed by atoms with Gasteiger partial charge in [-0.3, -0.25) is 9.59 Å². The number of nitrogens with zero attached hydrogens (tertiary/aromatic N) is 4. The van der Waals surface area contributed by atoms with Gasteiger partial charge in [-0.2, -0.15) is 0 Å². The maximum atomic E-state index is 12.9. The van der Waals surface area contributed by atoms with Gasteiger partial charge >= 0.3 is 0 Å². The van der Waals surface area contributed by atoms with Crippen molar-refractivity contribution in [2.24, 2.45) is 0 Å². The second-order valence-corrected chi connectivity index (χ2v) is 6.79. The third-order valence-corrected chi connectivity index (χ3v) is 5.25. The van der Waals surface area contributed by atoms with Crippen molar-refractivity contribution in [2.45, 2.75) is 32.4 Å². The van der Waals surface area contributed by atoms with Gasteiger partial charge in [0.2, 0.25) is 0 Å². The standard InChI is InChI=1S/C19H24N4O3/c1-2-23-15-7-4-3-6-14(15)20-17(19(23)25)21-9-11-22(12-10-21)18(24)16-8-5-13-26-16/h3-4,6-7,16H,2,5,8-13H2,1H3. The molecule has 7 nitrogen and oxygen atoms in total. The smallest absolute Gasteiger partial charge is 0.293 e. The van der Waals surface area contributed by atoms with Gasteiger partial charge in [-0.25, -0.2) is 4.98 Å². The summed E-state index contributed by atoms with van der Waals surface area (Å²) in [4.78, 5) is 33.9. The summed E-state index contributed by atoms with van der Waals surface area (Å²) in [6.45, 7) is 5.67. The monoisotopic (exact) mass is 356 g/mol. The average molecular weight is 356 g/mol. The van der Waals surface area contributed by atoms with Crippen molar-refractivity contribution in [1.82, 2.24) is 14.5 Å². The molecule has 1 amide bonds. The van der Waals surface area contributed by atoms with E-state index in [1.807, 2.05) is 41.0 Å². The fourth-order valence-corrected chi connectivity index (χ4v) is 3.81. The molecule has 0 aliphatic carbocycles. The van der Waals surface area contributed by atoms with Crippen LogP contribution in [-0.2, 0) is 16.1 Å². The quantitative estimate of drug-likeness (QED) is 0.828. The van der Waals surface area contributed by atoms with Crippen LogP contribution in [0.5, 0.6) is 0 Å². The predicted molar refractivity (Wildman–Crippen MR) is 99.4 cm³/mol. The average Bonchev–Trinajstić information content (AvgIpc) is 3.22. The van der Waals surface area contributed by atoms with E-state index in [-0.39, 0.29) is 17.6 Å². The van der Waals surface area contributed by atoms with E-state index < -0.39 is 0 Å². The number of carbonyl (C=O) groups excluding carboxylic acids is 1. The number of aryl methyl sites for hydroxylation is 1. The number of hydrogen-bond donors (Lipinski definition) is 0. The number of hydrogen-bond acceptors (Lipinski definition) is 5. The normalized spacial score (nSPS) is 20.7. The van der Waals surface area contributed by atoms with Crippen molar-refractivity contribution in [3.05, 3.63) is 34.6 Å². The van der Waals surface area contributed by atoms with Gasteiger partial charge in [0, 0.05) is 39.3 Å². The number of aromatic nitrogens is 2. The summed E-state index contributed by atoms with van der Waals surface area (Å²) in [5.74, 6) is 0.564. The van der Waals surface area contributed by atoms with Crippen molar-refractivity contribution in [3.63, 3.8) is 0 Å². The topological polar surface area (TPSA) is 67.7 Å². The highest BCUT2D eigenvalue weighted by molar-refractivity contribution is 5.81. The Bertz CT molecular complexity index is 865. The Hall–Kier alpha value is -2.41. The number of rotatable bonds is 3. The highest BCUT2D eigenvalue weighted by atomic mass is 16.5. The molecule has 138 valence electrons. The summed E-state index contributed by atoms with van der Waals surface area (Å²) in [6, 6.07) is 7.71.